The van der Waals surface area contributed by atoms with Gasteiger partial charge in [-0.05, 0) is 79.7 Å². The van der Waals surface area contributed by atoms with Crippen LogP contribution in [0.1, 0.15) is 83.6 Å². The van der Waals surface area contributed by atoms with Crippen molar-refractivity contribution in [2.24, 2.45) is 28.6 Å². The number of ether oxygens (including phenoxy) is 1. The lowest BCUT2D eigenvalue weighted by Gasteiger charge is -2.63. The van der Waals surface area contributed by atoms with E-state index < -0.39 is 22.7 Å². The fourth-order valence-corrected chi connectivity index (χ4v) is 8.67. The maximum Gasteiger partial charge on any atom is 0.335 e. The summed E-state index contributed by atoms with van der Waals surface area (Å²) >= 11 is 0. The van der Waals surface area contributed by atoms with Crippen molar-refractivity contribution in [3.63, 3.8) is 0 Å². The van der Waals surface area contributed by atoms with Crippen molar-refractivity contribution in [1.82, 2.24) is 0 Å². The van der Waals surface area contributed by atoms with Crippen molar-refractivity contribution >= 4 is 5.97 Å². The molecule has 176 valence electrons. The van der Waals surface area contributed by atoms with Gasteiger partial charge in [-0.25, -0.2) is 4.79 Å². The van der Waals surface area contributed by atoms with Crippen LogP contribution in [0, 0.1) is 28.6 Å². The molecule has 1 aromatic heterocycles. The van der Waals surface area contributed by atoms with Crippen LogP contribution in [-0.4, -0.2) is 34.0 Å². The Kier molecular flexibility index (Phi) is 5.14. The summed E-state index contributed by atoms with van der Waals surface area (Å²) in [5, 5.41) is 22.7. The topological polar surface area (TPSA) is 97.0 Å². The van der Waals surface area contributed by atoms with Crippen LogP contribution in [0.25, 0.3) is 0 Å². The van der Waals surface area contributed by atoms with E-state index in [1.54, 1.807) is 6.07 Å². The molecule has 0 unspecified atom stereocenters. The predicted molar refractivity (Wildman–Crippen MR) is 118 cm³/mol. The summed E-state index contributed by atoms with van der Waals surface area (Å²) in [5.74, 6) is 0.469. The zero-order valence-corrected chi connectivity index (χ0v) is 19.4. The number of fused-ring (bicyclic) bond motifs is 5. The van der Waals surface area contributed by atoms with Gasteiger partial charge in [0.15, 0.2) is 0 Å². The van der Waals surface area contributed by atoms with Crippen LogP contribution in [0.15, 0.2) is 27.6 Å². The second kappa shape index (κ2) is 7.42. The van der Waals surface area contributed by atoms with Crippen LogP contribution in [-0.2, 0) is 9.53 Å². The third-order valence-corrected chi connectivity index (χ3v) is 10.2. The van der Waals surface area contributed by atoms with Gasteiger partial charge in [0.2, 0.25) is 0 Å². The number of carbonyl (C=O) groups is 1. The first-order valence-corrected chi connectivity index (χ1v) is 12.2. The van der Waals surface area contributed by atoms with E-state index in [4.69, 9.17) is 9.15 Å². The van der Waals surface area contributed by atoms with Crippen molar-refractivity contribution in [1.29, 1.82) is 0 Å². The first kappa shape index (κ1) is 22.1. The molecule has 0 spiro atoms. The van der Waals surface area contributed by atoms with Crippen molar-refractivity contribution in [2.75, 3.05) is 0 Å². The highest BCUT2D eigenvalue weighted by atomic mass is 16.5. The Morgan fingerprint density at radius 2 is 1.91 bits per heavy atom. The van der Waals surface area contributed by atoms with E-state index in [1.807, 2.05) is 0 Å². The fraction of sp³-hybridized carbons (Fsp3) is 0.769. The molecule has 4 fully saturated rings. The van der Waals surface area contributed by atoms with Gasteiger partial charge >= 0.3 is 11.6 Å². The van der Waals surface area contributed by atoms with Gasteiger partial charge in [-0.15, -0.1) is 0 Å². The molecule has 0 radical (unpaired) electrons. The molecule has 6 nitrogen and oxygen atoms in total. The van der Waals surface area contributed by atoms with E-state index in [9.17, 15) is 19.8 Å². The zero-order chi connectivity index (χ0) is 22.9. The summed E-state index contributed by atoms with van der Waals surface area (Å²) in [6.07, 6.45) is 7.78. The molecular formula is C26H36O6. The Morgan fingerprint density at radius 1 is 1.12 bits per heavy atom. The van der Waals surface area contributed by atoms with Crippen LogP contribution in [0.2, 0.25) is 0 Å². The van der Waals surface area contributed by atoms with E-state index >= 15 is 0 Å². The average molecular weight is 445 g/mol. The van der Waals surface area contributed by atoms with E-state index in [-0.39, 0.29) is 29.3 Å². The monoisotopic (exact) mass is 444 g/mol. The highest BCUT2D eigenvalue weighted by Crippen LogP contribution is 2.70. The smallest absolute Gasteiger partial charge is 0.335 e. The molecule has 6 heteroatoms. The van der Waals surface area contributed by atoms with Crippen LogP contribution < -0.4 is 5.63 Å². The van der Waals surface area contributed by atoms with E-state index in [1.165, 1.54) is 19.3 Å². The summed E-state index contributed by atoms with van der Waals surface area (Å²) in [7, 11) is 0. The minimum Gasteiger partial charge on any atom is -0.462 e. The molecule has 0 saturated heterocycles. The normalized spacial score (nSPS) is 47.8. The molecule has 1 heterocycles. The van der Waals surface area contributed by atoms with Crippen LogP contribution >= 0.6 is 0 Å². The largest absolute Gasteiger partial charge is 0.462 e. The number of aliphatic hydroxyl groups is 2. The molecule has 4 aliphatic rings. The Hall–Kier alpha value is -1.66. The van der Waals surface area contributed by atoms with E-state index in [0.29, 0.717) is 18.3 Å². The minimum absolute atomic E-state index is 0.133. The summed E-state index contributed by atoms with van der Waals surface area (Å²) in [4.78, 5) is 23.6. The van der Waals surface area contributed by atoms with Gasteiger partial charge < -0.3 is 19.4 Å². The van der Waals surface area contributed by atoms with Crippen molar-refractivity contribution in [2.45, 2.75) is 95.9 Å². The Bertz CT molecular complexity index is 935. The SMILES string of the molecule is CC(=O)O[C@@H]1C[C@]2(O)[C@H]3CC[C@H]4C[C@@H](O)CC[C@]4(C)[C@@H]3CC[C@]2(C)[C@H]1c1ccc(=O)oc1. The molecule has 32 heavy (non-hydrogen) atoms. The molecule has 0 bridgehead atoms. The van der Waals surface area contributed by atoms with Crippen LogP contribution in [0.3, 0.4) is 0 Å². The summed E-state index contributed by atoms with van der Waals surface area (Å²) in [5.41, 5.74) is -0.903. The lowest BCUT2D eigenvalue weighted by atomic mass is 9.43. The molecule has 4 saturated carbocycles. The van der Waals surface area contributed by atoms with Gasteiger partial charge in [0.05, 0.1) is 18.0 Å². The van der Waals surface area contributed by atoms with Gasteiger partial charge in [0, 0.05) is 30.7 Å². The summed E-state index contributed by atoms with van der Waals surface area (Å²) in [6, 6.07) is 3.17. The lowest BCUT2D eigenvalue weighted by Crippen LogP contribution is -2.62. The predicted octanol–water partition coefficient (Wildman–Crippen LogP) is 3.78. The van der Waals surface area contributed by atoms with Crippen LogP contribution in [0.4, 0.5) is 0 Å². The number of hydrogen-bond donors (Lipinski definition) is 2. The maximum absolute atomic E-state index is 12.5. The number of carbonyl (C=O) groups excluding carboxylic acids is 1. The molecule has 0 amide bonds. The molecule has 5 rings (SSSR count). The van der Waals surface area contributed by atoms with Gasteiger partial charge in [0.1, 0.15) is 6.10 Å². The number of rotatable bonds is 2. The highest BCUT2D eigenvalue weighted by molar-refractivity contribution is 5.66. The molecule has 2 N–H and O–H groups in total. The number of esters is 1. The molecule has 0 aromatic carbocycles. The third kappa shape index (κ3) is 3.05. The maximum atomic E-state index is 12.5. The average Bonchev–Trinajstić information content (AvgIpc) is 2.95. The van der Waals surface area contributed by atoms with Crippen molar-refractivity contribution < 1.29 is 24.2 Å². The van der Waals surface area contributed by atoms with E-state index in [2.05, 4.69) is 13.8 Å². The Morgan fingerprint density at radius 3 is 2.59 bits per heavy atom. The zero-order valence-electron chi connectivity index (χ0n) is 19.4. The molecule has 0 aliphatic heterocycles. The molecular weight excluding hydrogens is 408 g/mol. The quantitative estimate of drug-likeness (QED) is 0.674. The van der Waals surface area contributed by atoms with Crippen LogP contribution in [0.5, 0.6) is 0 Å². The van der Waals surface area contributed by atoms with Gasteiger partial charge in [-0.2, -0.15) is 0 Å². The third-order valence-electron chi connectivity index (χ3n) is 10.2. The van der Waals surface area contributed by atoms with Crippen molar-refractivity contribution in [3.8, 4) is 0 Å². The van der Waals surface area contributed by atoms with E-state index in [0.717, 1.165) is 50.5 Å². The Balaban J connectivity index is 1.55. The molecule has 1 aromatic rings. The second-order valence-corrected chi connectivity index (χ2v) is 11.5. The lowest BCUT2D eigenvalue weighted by molar-refractivity contribution is -0.205. The number of aliphatic hydroxyl groups excluding tert-OH is 1. The minimum atomic E-state index is -0.957. The first-order valence-electron chi connectivity index (χ1n) is 12.2. The summed E-state index contributed by atoms with van der Waals surface area (Å²) in [6.45, 7) is 5.94. The Labute approximate surface area is 189 Å². The molecule has 9 atom stereocenters. The molecule has 4 aliphatic carbocycles. The summed E-state index contributed by atoms with van der Waals surface area (Å²) < 4.78 is 11.0. The van der Waals surface area contributed by atoms with Gasteiger partial charge in [-0.1, -0.05) is 13.8 Å². The van der Waals surface area contributed by atoms with Gasteiger partial charge in [0.25, 0.3) is 0 Å². The highest BCUT2D eigenvalue weighted by Gasteiger charge is 2.70. The second-order valence-electron chi connectivity index (χ2n) is 11.5. The first-order chi connectivity index (χ1) is 15.1. The van der Waals surface area contributed by atoms with Gasteiger partial charge in [-0.3, -0.25) is 4.79 Å². The standard InChI is InChI=1S/C26H36O6/c1-15(27)32-21-13-26(30)20-6-5-17-12-18(28)8-10-24(17,2)19(20)9-11-25(26,3)23(21)16-4-7-22(29)31-14-16/h4,7,14,17-21,23,28,30H,5-6,8-13H2,1-3H3/t17-,18-,19+,20-,21+,23-,24-,25+,26-/m0/s1. The number of hydrogen-bond acceptors (Lipinski definition) is 6. The fourth-order valence-electron chi connectivity index (χ4n) is 8.67. The van der Waals surface area contributed by atoms with Crippen molar-refractivity contribution in [3.05, 3.63) is 34.4 Å².